The number of fused-ring (bicyclic) bond motifs is 1. The Morgan fingerprint density at radius 1 is 1.20 bits per heavy atom. The molecule has 1 amide bonds. The summed E-state index contributed by atoms with van der Waals surface area (Å²) in [6.45, 7) is 1.09. The van der Waals surface area contributed by atoms with Gasteiger partial charge in [0.25, 0.3) is 0 Å². The fourth-order valence-electron chi connectivity index (χ4n) is 2.24. The van der Waals surface area contributed by atoms with Crippen LogP contribution in [0.4, 0.5) is 0 Å². The highest BCUT2D eigenvalue weighted by atomic mass is 35.5. The highest BCUT2D eigenvalue weighted by molar-refractivity contribution is 7.99. The SMILES string of the molecule is O=C(CSCc1cccc(Cl)c1)N/N=C\c1ccc2c(c1)OCCO2. The van der Waals surface area contributed by atoms with Crippen molar-refractivity contribution in [2.24, 2.45) is 5.10 Å². The lowest BCUT2D eigenvalue weighted by molar-refractivity contribution is -0.118. The average Bonchev–Trinajstić information content (AvgIpc) is 2.62. The van der Waals surface area contributed by atoms with E-state index in [2.05, 4.69) is 10.5 Å². The zero-order valence-corrected chi connectivity index (χ0v) is 15.0. The smallest absolute Gasteiger partial charge is 0.250 e. The molecule has 0 saturated carbocycles. The second kappa shape index (κ2) is 8.78. The Balaban J connectivity index is 1.43. The molecule has 0 bridgehead atoms. The van der Waals surface area contributed by atoms with E-state index in [-0.39, 0.29) is 5.91 Å². The molecule has 0 unspecified atom stereocenters. The summed E-state index contributed by atoms with van der Waals surface area (Å²) in [5.74, 6) is 2.31. The first-order valence-corrected chi connectivity index (χ1v) is 9.28. The number of nitrogens with one attached hydrogen (secondary N) is 1. The maximum absolute atomic E-state index is 11.8. The van der Waals surface area contributed by atoms with Gasteiger partial charge in [-0.2, -0.15) is 5.10 Å². The number of hydrogen-bond acceptors (Lipinski definition) is 5. The molecule has 0 aliphatic carbocycles. The zero-order valence-electron chi connectivity index (χ0n) is 13.4. The van der Waals surface area contributed by atoms with Crippen molar-refractivity contribution in [2.45, 2.75) is 5.75 Å². The summed E-state index contributed by atoms with van der Waals surface area (Å²) < 4.78 is 11.0. The molecule has 0 fully saturated rings. The van der Waals surface area contributed by atoms with Crippen LogP contribution in [0, 0.1) is 0 Å². The van der Waals surface area contributed by atoms with Crippen molar-refractivity contribution in [3.8, 4) is 11.5 Å². The van der Waals surface area contributed by atoms with Crippen molar-refractivity contribution in [3.05, 3.63) is 58.6 Å². The number of hydrogen-bond donors (Lipinski definition) is 1. The van der Waals surface area contributed by atoms with Gasteiger partial charge in [0.15, 0.2) is 11.5 Å². The number of thioether (sulfide) groups is 1. The van der Waals surface area contributed by atoms with E-state index in [1.807, 2.05) is 42.5 Å². The van der Waals surface area contributed by atoms with Crippen LogP contribution in [0.2, 0.25) is 5.02 Å². The molecular weight excluding hydrogens is 360 g/mol. The van der Waals surface area contributed by atoms with Gasteiger partial charge in [-0.1, -0.05) is 23.7 Å². The molecule has 0 spiro atoms. The number of amides is 1. The number of carbonyl (C=O) groups excluding carboxylic acids is 1. The molecule has 7 heteroatoms. The second-order valence-electron chi connectivity index (χ2n) is 5.32. The van der Waals surface area contributed by atoms with Crippen LogP contribution in [0.3, 0.4) is 0 Å². The standard InChI is InChI=1S/C18H17ClN2O3S/c19-15-3-1-2-14(8-15)11-25-12-18(22)21-20-10-13-4-5-16-17(9-13)24-7-6-23-16/h1-5,8-10H,6-7,11-12H2,(H,21,22)/b20-10-. The summed E-state index contributed by atoms with van der Waals surface area (Å²) in [6.07, 6.45) is 1.58. The molecule has 25 heavy (non-hydrogen) atoms. The Morgan fingerprint density at radius 3 is 2.88 bits per heavy atom. The fraction of sp³-hybridized carbons (Fsp3) is 0.222. The van der Waals surface area contributed by atoms with Gasteiger partial charge in [-0.15, -0.1) is 11.8 Å². The van der Waals surface area contributed by atoms with Crippen molar-refractivity contribution in [1.82, 2.24) is 5.43 Å². The lowest BCUT2D eigenvalue weighted by atomic mass is 10.2. The molecule has 0 atom stereocenters. The Bertz CT molecular complexity index is 783. The van der Waals surface area contributed by atoms with Gasteiger partial charge in [-0.25, -0.2) is 5.43 Å². The zero-order chi connectivity index (χ0) is 17.5. The second-order valence-corrected chi connectivity index (χ2v) is 6.74. The van der Waals surface area contributed by atoms with Crippen LogP contribution in [-0.4, -0.2) is 31.1 Å². The van der Waals surface area contributed by atoms with Gasteiger partial charge < -0.3 is 9.47 Å². The summed E-state index contributed by atoms with van der Waals surface area (Å²) in [5.41, 5.74) is 4.44. The number of nitrogens with zero attached hydrogens (tertiary/aromatic N) is 1. The van der Waals surface area contributed by atoms with Crippen LogP contribution in [0.5, 0.6) is 11.5 Å². The van der Waals surface area contributed by atoms with Crippen molar-refractivity contribution in [3.63, 3.8) is 0 Å². The number of ether oxygens (including phenoxy) is 2. The molecule has 1 N–H and O–H groups in total. The normalized spacial score (nSPS) is 13.0. The monoisotopic (exact) mass is 376 g/mol. The first-order chi connectivity index (χ1) is 12.2. The summed E-state index contributed by atoms with van der Waals surface area (Å²) in [5, 5.41) is 4.68. The quantitative estimate of drug-likeness (QED) is 0.619. The largest absolute Gasteiger partial charge is 0.486 e. The summed E-state index contributed by atoms with van der Waals surface area (Å²) in [7, 11) is 0. The van der Waals surface area contributed by atoms with Crippen LogP contribution < -0.4 is 14.9 Å². The van der Waals surface area contributed by atoms with Crippen LogP contribution in [-0.2, 0) is 10.5 Å². The van der Waals surface area contributed by atoms with Crippen molar-refractivity contribution in [1.29, 1.82) is 0 Å². The van der Waals surface area contributed by atoms with E-state index in [0.717, 1.165) is 22.6 Å². The van der Waals surface area contributed by atoms with Gasteiger partial charge in [0.05, 0.1) is 12.0 Å². The van der Waals surface area contributed by atoms with Crippen LogP contribution in [0.1, 0.15) is 11.1 Å². The molecule has 1 heterocycles. The van der Waals surface area contributed by atoms with Gasteiger partial charge in [0.2, 0.25) is 5.91 Å². The van der Waals surface area contributed by atoms with E-state index >= 15 is 0 Å². The van der Waals surface area contributed by atoms with Crippen molar-refractivity contribution in [2.75, 3.05) is 19.0 Å². The maximum Gasteiger partial charge on any atom is 0.250 e. The van der Waals surface area contributed by atoms with E-state index in [4.69, 9.17) is 21.1 Å². The molecule has 0 saturated heterocycles. The number of carbonyl (C=O) groups is 1. The summed E-state index contributed by atoms with van der Waals surface area (Å²) in [4.78, 5) is 11.8. The van der Waals surface area contributed by atoms with E-state index < -0.39 is 0 Å². The summed E-state index contributed by atoms with van der Waals surface area (Å²) in [6, 6.07) is 13.1. The Kier molecular flexibility index (Phi) is 6.19. The minimum atomic E-state index is -0.152. The molecule has 1 aliphatic rings. The first-order valence-electron chi connectivity index (χ1n) is 7.74. The van der Waals surface area contributed by atoms with E-state index in [1.165, 1.54) is 11.8 Å². The average molecular weight is 377 g/mol. The van der Waals surface area contributed by atoms with Gasteiger partial charge in [0, 0.05) is 10.8 Å². The number of hydrazone groups is 1. The molecule has 5 nitrogen and oxygen atoms in total. The van der Waals surface area contributed by atoms with Crippen molar-refractivity contribution < 1.29 is 14.3 Å². The molecule has 2 aromatic rings. The molecule has 2 aromatic carbocycles. The Morgan fingerprint density at radius 2 is 2.04 bits per heavy atom. The van der Waals surface area contributed by atoms with Gasteiger partial charge >= 0.3 is 0 Å². The highest BCUT2D eigenvalue weighted by Gasteiger charge is 2.10. The molecule has 130 valence electrons. The van der Waals surface area contributed by atoms with E-state index in [9.17, 15) is 4.79 Å². The lowest BCUT2D eigenvalue weighted by Crippen LogP contribution is -2.19. The predicted molar refractivity (Wildman–Crippen MR) is 101 cm³/mol. The van der Waals surface area contributed by atoms with E-state index in [0.29, 0.717) is 29.7 Å². The molecule has 0 radical (unpaired) electrons. The molecule has 3 rings (SSSR count). The number of halogens is 1. The number of benzene rings is 2. The van der Waals surface area contributed by atoms with Gasteiger partial charge in [0.1, 0.15) is 13.2 Å². The van der Waals surface area contributed by atoms with Gasteiger partial charge in [-0.3, -0.25) is 4.79 Å². The molecule has 0 aromatic heterocycles. The van der Waals surface area contributed by atoms with Crippen LogP contribution in [0.25, 0.3) is 0 Å². The predicted octanol–water partition coefficient (Wildman–Crippen LogP) is 3.49. The Hall–Kier alpha value is -2.18. The third-order valence-corrected chi connectivity index (χ3v) is 4.60. The van der Waals surface area contributed by atoms with Crippen molar-refractivity contribution >= 4 is 35.5 Å². The molecular formula is C18H17ClN2O3S. The third kappa shape index (κ3) is 5.41. The fourth-order valence-corrected chi connectivity index (χ4v) is 3.22. The molecule has 1 aliphatic heterocycles. The minimum Gasteiger partial charge on any atom is -0.486 e. The Labute approximate surface area is 155 Å². The first kappa shape index (κ1) is 17.6. The lowest BCUT2D eigenvalue weighted by Gasteiger charge is -2.18. The summed E-state index contributed by atoms with van der Waals surface area (Å²) >= 11 is 7.44. The van der Waals surface area contributed by atoms with Crippen LogP contribution in [0.15, 0.2) is 47.6 Å². The number of rotatable bonds is 6. The van der Waals surface area contributed by atoms with Gasteiger partial charge in [-0.05, 0) is 41.5 Å². The van der Waals surface area contributed by atoms with E-state index in [1.54, 1.807) is 6.21 Å². The topological polar surface area (TPSA) is 59.9 Å². The maximum atomic E-state index is 11.8. The highest BCUT2D eigenvalue weighted by Crippen LogP contribution is 2.30. The third-order valence-electron chi connectivity index (χ3n) is 3.36. The minimum absolute atomic E-state index is 0.152. The van der Waals surface area contributed by atoms with Crippen LogP contribution >= 0.6 is 23.4 Å².